The number of phenols is 1. The molecule has 1 rings (SSSR count). The average Bonchev–Trinajstić information content (AvgIpc) is 2.01. The molecule has 0 bridgehead atoms. The third kappa shape index (κ3) is 1.94. The third-order valence-corrected chi connectivity index (χ3v) is 1.62. The number of benzene rings is 1. The summed E-state index contributed by atoms with van der Waals surface area (Å²) in [4.78, 5) is 0. The first-order valence-electron chi connectivity index (χ1n) is 3.77. The van der Waals surface area contributed by atoms with Crippen LogP contribution in [0.3, 0.4) is 0 Å². The van der Waals surface area contributed by atoms with Crippen molar-refractivity contribution < 1.29 is 13.9 Å². The smallest absolute Gasteiger partial charge is 0.127 e. The van der Waals surface area contributed by atoms with Gasteiger partial charge in [-0.2, -0.15) is 0 Å². The van der Waals surface area contributed by atoms with Crippen LogP contribution < -0.4 is 0 Å². The first-order valence-corrected chi connectivity index (χ1v) is 3.77. The lowest BCUT2D eigenvalue weighted by Gasteiger charge is -2.05. The molecule has 1 nitrogen and oxygen atoms in total. The zero-order valence-corrected chi connectivity index (χ0v) is 6.72. The predicted octanol–water partition coefficient (Wildman–Crippen LogP) is 2.95. The maximum Gasteiger partial charge on any atom is 0.127 e. The summed E-state index contributed by atoms with van der Waals surface area (Å²) in [6.07, 6.45) is -0.922. The van der Waals surface area contributed by atoms with Crippen molar-refractivity contribution >= 4 is 0 Å². The van der Waals surface area contributed by atoms with Crippen molar-refractivity contribution in [2.24, 2.45) is 0 Å². The summed E-state index contributed by atoms with van der Waals surface area (Å²) in [6.45, 7) is 1.66. The van der Waals surface area contributed by atoms with Crippen molar-refractivity contribution in [3.8, 4) is 5.75 Å². The van der Waals surface area contributed by atoms with Crippen molar-refractivity contribution in [1.29, 1.82) is 0 Å². The highest BCUT2D eigenvalue weighted by molar-refractivity contribution is 5.29. The fourth-order valence-electron chi connectivity index (χ4n) is 1.01. The summed E-state index contributed by atoms with van der Waals surface area (Å²) in [6, 6.07) is 3.27. The third-order valence-electron chi connectivity index (χ3n) is 1.62. The summed E-state index contributed by atoms with van der Waals surface area (Å²) in [7, 11) is 0. The average molecular weight is 172 g/mol. The molecule has 1 unspecified atom stereocenters. The number of halogens is 2. The standard InChI is InChI=1S/C9H10F2O/c1-2-9(11)6-3-7(10)5-8(12)4-6/h3-5,9,12H,2H2,1H3. The van der Waals surface area contributed by atoms with E-state index in [-0.39, 0.29) is 17.7 Å². The summed E-state index contributed by atoms with van der Waals surface area (Å²) in [5.74, 6) is -0.845. The number of hydrogen-bond acceptors (Lipinski definition) is 1. The number of phenolic OH excluding ortho intramolecular Hbond substituents is 1. The summed E-state index contributed by atoms with van der Waals surface area (Å²) < 4.78 is 25.5. The van der Waals surface area contributed by atoms with E-state index in [1.54, 1.807) is 6.92 Å². The molecule has 0 amide bonds. The molecular weight excluding hydrogens is 162 g/mol. The molecule has 0 aliphatic rings. The molecule has 0 spiro atoms. The molecule has 0 aliphatic heterocycles. The van der Waals surface area contributed by atoms with E-state index in [0.717, 1.165) is 12.1 Å². The monoisotopic (exact) mass is 172 g/mol. The van der Waals surface area contributed by atoms with Gasteiger partial charge in [0.2, 0.25) is 0 Å². The van der Waals surface area contributed by atoms with E-state index < -0.39 is 12.0 Å². The molecule has 0 radical (unpaired) electrons. The van der Waals surface area contributed by atoms with E-state index in [9.17, 15) is 8.78 Å². The zero-order chi connectivity index (χ0) is 9.14. The molecule has 1 aromatic carbocycles. The Morgan fingerprint density at radius 1 is 1.42 bits per heavy atom. The maximum atomic E-state index is 12.9. The van der Waals surface area contributed by atoms with Crippen LogP contribution in [0.15, 0.2) is 18.2 Å². The molecule has 0 heterocycles. The lowest BCUT2D eigenvalue weighted by Crippen LogP contribution is -1.90. The Balaban J connectivity index is 3.00. The Hall–Kier alpha value is -1.12. The minimum Gasteiger partial charge on any atom is -0.508 e. The van der Waals surface area contributed by atoms with E-state index in [4.69, 9.17) is 5.11 Å². The quantitative estimate of drug-likeness (QED) is 0.727. The zero-order valence-electron chi connectivity index (χ0n) is 6.72. The van der Waals surface area contributed by atoms with Gasteiger partial charge in [0.25, 0.3) is 0 Å². The van der Waals surface area contributed by atoms with Gasteiger partial charge in [-0.1, -0.05) is 6.92 Å². The van der Waals surface area contributed by atoms with Crippen LogP contribution in [0.25, 0.3) is 0 Å². The Labute approximate surface area is 69.7 Å². The molecule has 0 saturated carbocycles. The van der Waals surface area contributed by atoms with Gasteiger partial charge in [0.15, 0.2) is 0 Å². The lowest BCUT2D eigenvalue weighted by molar-refractivity contribution is 0.331. The molecule has 0 fully saturated rings. The van der Waals surface area contributed by atoms with Crippen LogP contribution in [-0.2, 0) is 0 Å². The van der Waals surface area contributed by atoms with Crippen molar-refractivity contribution in [2.75, 3.05) is 0 Å². The predicted molar refractivity (Wildman–Crippen MR) is 42.2 cm³/mol. The molecule has 12 heavy (non-hydrogen) atoms. The number of hydrogen-bond donors (Lipinski definition) is 1. The van der Waals surface area contributed by atoms with Crippen LogP contribution in [-0.4, -0.2) is 5.11 Å². The molecule has 1 aromatic rings. The van der Waals surface area contributed by atoms with Crippen LogP contribution in [0, 0.1) is 5.82 Å². The molecule has 66 valence electrons. The molecule has 3 heteroatoms. The SMILES string of the molecule is CCC(F)c1cc(O)cc(F)c1. The van der Waals surface area contributed by atoms with Gasteiger partial charge in [-0.3, -0.25) is 0 Å². The second kappa shape index (κ2) is 3.52. The van der Waals surface area contributed by atoms with Gasteiger partial charge in [0.1, 0.15) is 17.7 Å². The largest absolute Gasteiger partial charge is 0.508 e. The Bertz CT molecular complexity index is 253. The molecule has 1 N–H and O–H groups in total. The van der Waals surface area contributed by atoms with Crippen molar-refractivity contribution in [1.82, 2.24) is 0 Å². The van der Waals surface area contributed by atoms with E-state index in [1.807, 2.05) is 0 Å². The Morgan fingerprint density at radius 3 is 2.58 bits per heavy atom. The van der Waals surface area contributed by atoms with Gasteiger partial charge >= 0.3 is 0 Å². The van der Waals surface area contributed by atoms with Crippen LogP contribution >= 0.6 is 0 Å². The lowest BCUT2D eigenvalue weighted by atomic mass is 10.1. The van der Waals surface area contributed by atoms with Gasteiger partial charge in [0, 0.05) is 6.07 Å². The Morgan fingerprint density at radius 2 is 2.08 bits per heavy atom. The van der Waals surface area contributed by atoms with Crippen LogP contribution in [0.2, 0.25) is 0 Å². The summed E-state index contributed by atoms with van der Waals surface area (Å²) in [5.41, 5.74) is 0.190. The van der Waals surface area contributed by atoms with Gasteiger partial charge in [0.05, 0.1) is 0 Å². The fraction of sp³-hybridized carbons (Fsp3) is 0.333. The van der Waals surface area contributed by atoms with Crippen LogP contribution in [0.5, 0.6) is 5.75 Å². The van der Waals surface area contributed by atoms with E-state index in [1.165, 1.54) is 6.07 Å². The number of rotatable bonds is 2. The van der Waals surface area contributed by atoms with Gasteiger partial charge in [-0.25, -0.2) is 8.78 Å². The molecule has 0 aromatic heterocycles. The van der Waals surface area contributed by atoms with Crippen molar-refractivity contribution in [2.45, 2.75) is 19.5 Å². The topological polar surface area (TPSA) is 20.2 Å². The molecule has 0 aliphatic carbocycles. The van der Waals surface area contributed by atoms with Crippen LogP contribution in [0.4, 0.5) is 8.78 Å². The van der Waals surface area contributed by atoms with Gasteiger partial charge in [-0.15, -0.1) is 0 Å². The normalized spacial score (nSPS) is 12.9. The minimum absolute atomic E-state index is 0.190. The highest BCUT2D eigenvalue weighted by Gasteiger charge is 2.09. The number of aromatic hydroxyl groups is 1. The van der Waals surface area contributed by atoms with Crippen molar-refractivity contribution in [3.05, 3.63) is 29.6 Å². The highest BCUT2D eigenvalue weighted by atomic mass is 19.1. The summed E-state index contributed by atoms with van der Waals surface area (Å²) >= 11 is 0. The van der Waals surface area contributed by atoms with Crippen LogP contribution in [0.1, 0.15) is 25.1 Å². The first kappa shape index (κ1) is 8.97. The van der Waals surface area contributed by atoms with E-state index in [2.05, 4.69) is 0 Å². The van der Waals surface area contributed by atoms with E-state index >= 15 is 0 Å². The fourth-order valence-corrected chi connectivity index (χ4v) is 1.01. The minimum atomic E-state index is -1.20. The van der Waals surface area contributed by atoms with E-state index in [0.29, 0.717) is 0 Å². The molecule has 0 saturated heterocycles. The second-order valence-electron chi connectivity index (χ2n) is 2.62. The van der Waals surface area contributed by atoms with Gasteiger partial charge in [-0.05, 0) is 24.1 Å². The Kier molecular flexibility index (Phi) is 2.63. The first-order chi connectivity index (χ1) is 5.63. The van der Waals surface area contributed by atoms with Gasteiger partial charge < -0.3 is 5.11 Å². The highest BCUT2D eigenvalue weighted by Crippen LogP contribution is 2.25. The van der Waals surface area contributed by atoms with Crippen molar-refractivity contribution in [3.63, 3.8) is 0 Å². The summed E-state index contributed by atoms with van der Waals surface area (Å²) in [5, 5.41) is 8.93. The number of alkyl halides is 1. The maximum absolute atomic E-state index is 12.9. The second-order valence-corrected chi connectivity index (χ2v) is 2.62. The molecular formula is C9H10F2O. The molecule has 1 atom stereocenters.